The lowest BCUT2D eigenvalue weighted by molar-refractivity contribution is -0.104. The standard InChI is InChI=1S/C20H24O/c1-6-9-19(18-11-8-10-16(5)12-18)20(15(3)4)13-17(7-2)14-21/h7-14H,2,6H2,1,3-5H3/b17-13+,19-9-. The van der Waals surface area contributed by atoms with Crippen molar-refractivity contribution in [2.75, 3.05) is 0 Å². The molecule has 0 bridgehead atoms. The van der Waals surface area contributed by atoms with E-state index in [0.29, 0.717) is 5.57 Å². The minimum absolute atomic E-state index is 0.598. The molecule has 1 nitrogen and oxygen atoms in total. The lowest BCUT2D eigenvalue weighted by Crippen LogP contribution is -1.94. The molecule has 0 fully saturated rings. The second-order valence-corrected chi connectivity index (χ2v) is 5.28. The first kappa shape index (κ1) is 16.9. The van der Waals surface area contributed by atoms with Crippen molar-refractivity contribution in [1.29, 1.82) is 0 Å². The molecular weight excluding hydrogens is 256 g/mol. The van der Waals surface area contributed by atoms with Crippen molar-refractivity contribution in [3.63, 3.8) is 0 Å². The van der Waals surface area contributed by atoms with Crippen LogP contribution in [0.4, 0.5) is 0 Å². The number of hydrogen-bond donors (Lipinski definition) is 0. The van der Waals surface area contributed by atoms with E-state index < -0.39 is 0 Å². The van der Waals surface area contributed by atoms with E-state index in [4.69, 9.17) is 0 Å². The highest BCUT2D eigenvalue weighted by Gasteiger charge is 2.08. The van der Waals surface area contributed by atoms with E-state index in [1.54, 1.807) is 6.08 Å². The van der Waals surface area contributed by atoms with Gasteiger partial charge in [-0.05, 0) is 50.0 Å². The fourth-order valence-corrected chi connectivity index (χ4v) is 2.20. The van der Waals surface area contributed by atoms with Crippen molar-refractivity contribution in [3.05, 3.63) is 76.9 Å². The molecule has 110 valence electrons. The predicted octanol–water partition coefficient (Wildman–Crippen LogP) is 5.44. The van der Waals surface area contributed by atoms with Crippen LogP contribution in [0.2, 0.25) is 0 Å². The Morgan fingerprint density at radius 2 is 2.00 bits per heavy atom. The van der Waals surface area contributed by atoms with Crippen LogP contribution in [-0.4, -0.2) is 6.29 Å². The summed E-state index contributed by atoms with van der Waals surface area (Å²) >= 11 is 0. The molecule has 0 amide bonds. The number of aryl methyl sites for hydroxylation is 1. The first-order valence-electron chi connectivity index (χ1n) is 7.27. The van der Waals surface area contributed by atoms with Crippen molar-refractivity contribution >= 4 is 11.9 Å². The van der Waals surface area contributed by atoms with E-state index in [0.717, 1.165) is 18.3 Å². The number of carbonyl (C=O) groups excluding carboxylic acids is 1. The van der Waals surface area contributed by atoms with E-state index in [2.05, 4.69) is 64.6 Å². The molecule has 0 radical (unpaired) electrons. The number of hydrogen-bond acceptors (Lipinski definition) is 1. The third-order valence-corrected chi connectivity index (χ3v) is 3.25. The van der Waals surface area contributed by atoms with Crippen molar-refractivity contribution < 1.29 is 4.79 Å². The number of aldehydes is 1. The second-order valence-electron chi connectivity index (χ2n) is 5.28. The second kappa shape index (κ2) is 8.21. The van der Waals surface area contributed by atoms with Gasteiger partial charge in [0.1, 0.15) is 6.29 Å². The van der Waals surface area contributed by atoms with E-state index in [1.807, 2.05) is 6.08 Å². The van der Waals surface area contributed by atoms with Crippen molar-refractivity contribution in [1.82, 2.24) is 0 Å². The smallest absolute Gasteiger partial charge is 0.150 e. The SMILES string of the molecule is C=C/C(C=O)=C\C(=C(C)C)/C(=C\CC)c1cccc(C)c1. The van der Waals surface area contributed by atoms with Gasteiger partial charge < -0.3 is 0 Å². The Bertz CT molecular complexity index is 598. The highest BCUT2D eigenvalue weighted by molar-refractivity contribution is 5.87. The molecule has 0 heterocycles. The summed E-state index contributed by atoms with van der Waals surface area (Å²) in [4.78, 5) is 11.1. The van der Waals surface area contributed by atoms with Gasteiger partial charge in [-0.25, -0.2) is 0 Å². The monoisotopic (exact) mass is 280 g/mol. The van der Waals surface area contributed by atoms with Crippen LogP contribution in [0, 0.1) is 6.92 Å². The first-order valence-corrected chi connectivity index (χ1v) is 7.27. The van der Waals surface area contributed by atoms with Gasteiger partial charge >= 0.3 is 0 Å². The summed E-state index contributed by atoms with van der Waals surface area (Å²) in [5.74, 6) is 0. The number of benzene rings is 1. The highest BCUT2D eigenvalue weighted by Crippen LogP contribution is 2.28. The van der Waals surface area contributed by atoms with Crippen molar-refractivity contribution in [3.8, 4) is 0 Å². The van der Waals surface area contributed by atoms with Gasteiger partial charge in [-0.3, -0.25) is 4.79 Å². The van der Waals surface area contributed by atoms with Crippen LogP contribution in [0.25, 0.3) is 5.57 Å². The van der Waals surface area contributed by atoms with Gasteiger partial charge in [-0.2, -0.15) is 0 Å². The lowest BCUT2D eigenvalue weighted by Gasteiger charge is -2.13. The fourth-order valence-electron chi connectivity index (χ4n) is 2.20. The molecule has 1 heteroatoms. The van der Waals surface area contributed by atoms with Gasteiger partial charge in [-0.15, -0.1) is 0 Å². The summed E-state index contributed by atoms with van der Waals surface area (Å²) in [6.07, 6.45) is 7.50. The summed E-state index contributed by atoms with van der Waals surface area (Å²) < 4.78 is 0. The molecule has 0 atom stereocenters. The highest BCUT2D eigenvalue weighted by atomic mass is 16.1. The third kappa shape index (κ3) is 4.71. The van der Waals surface area contributed by atoms with Crippen LogP contribution in [0.15, 0.2) is 65.8 Å². The molecule has 21 heavy (non-hydrogen) atoms. The minimum Gasteiger partial charge on any atom is -0.298 e. The molecule has 0 aliphatic carbocycles. The Kier molecular flexibility index (Phi) is 6.61. The molecule has 0 aromatic heterocycles. The zero-order valence-corrected chi connectivity index (χ0v) is 13.4. The zero-order chi connectivity index (χ0) is 15.8. The van der Waals surface area contributed by atoms with Crippen LogP contribution in [0.1, 0.15) is 38.3 Å². The fraction of sp³-hybridized carbons (Fsp3) is 0.250. The molecule has 0 spiro atoms. The third-order valence-electron chi connectivity index (χ3n) is 3.25. The van der Waals surface area contributed by atoms with Crippen LogP contribution in [-0.2, 0) is 4.79 Å². The van der Waals surface area contributed by atoms with E-state index >= 15 is 0 Å². The quantitative estimate of drug-likeness (QED) is 0.385. The first-order chi connectivity index (χ1) is 10.0. The molecule has 0 aliphatic heterocycles. The Balaban J connectivity index is 3.47. The van der Waals surface area contributed by atoms with Crippen molar-refractivity contribution in [2.24, 2.45) is 0 Å². The number of rotatable bonds is 6. The average molecular weight is 280 g/mol. The van der Waals surface area contributed by atoms with Crippen LogP contribution < -0.4 is 0 Å². The maximum absolute atomic E-state index is 11.1. The normalized spacial score (nSPS) is 12.0. The number of carbonyl (C=O) groups is 1. The summed E-state index contributed by atoms with van der Waals surface area (Å²) in [5, 5.41) is 0. The Hall–Kier alpha value is -2.15. The van der Waals surface area contributed by atoms with Gasteiger partial charge in [-0.1, -0.05) is 61.1 Å². The molecule has 0 unspecified atom stereocenters. The van der Waals surface area contributed by atoms with Gasteiger partial charge in [0.25, 0.3) is 0 Å². The molecular formula is C20H24O. The Morgan fingerprint density at radius 1 is 1.29 bits per heavy atom. The summed E-state index contributed by atoms with van der Waals surface area (Å²) in [6, 6.07) is 8.44. The summed E-state index contributed by atoms with van der Waals surface area (Å²) in [6.45, 7) is 12.0. The molecule has 1 aromatic carbocycles. The molecule has 0 aliphatic rings. The largest absolute Gasteiger partial charge is 0.298 e. The average Bonchev–Trinajstić information content (AvgIpc) is 2.46. The van der Waals surface area contributed by atoms with Crippen LogP contribution in [0.5, 0.6) is 0 Å². The van der Waals surface area contributed by atoms with Gasteiger partial charge in [0.15, 0.2) is 0 Å². The maximum atomic E-state index is 11.1. The minimum atomic E-state index is 0.598. The van der Waals surface area contributed by atoms with Crippen molar-refractivity contribution in [2.45, 2.75) is 34.1 Å². The molecule has 0 saturated heterocycles. The van der Waals surface area contributed by atoms with Crippen LogP contribution >= 0.6 is 0 Å². The topological polar surface area (TPSA) is 17.1 Å². The lowest BCUT2D eigenvalue weighted by atomic mass is 9.91. The van der Waals surface area contributed by atoms with E-state index in [1.165, 1.54) is 22.3 Å². The maximum Gasteiger partial charge on any atom is 0.150 e. The summed E-state index contributed by atoms with van der Waals surface area (Å²) in [7, 11) is 0. The molecule has 1 aromatic rings. The molecule has 0 N–H and O–H groups in total. The number of allylic oxidation sites excluding steroid dienone is 7. The van der Waals surface area contributed by atoms with E-state index in [9.17, 15) is 4.79 Å². The molecule has 1 rings (SSSR count). The molecule has 0 saturated carbocycles. The summed E-state index contributed by atoms with van der Waals surface area (Å²) in [5.41, 5.74) is 6.44. The van der Waals surface area contributed by atoms with Gasteiger partial charge in [0, 0.05) is 5.57 Å². The van der Waals surface area contributed by atoms with Gasteiger partial charge in [0.05, 0.1) is 0 Å². The Labute approximate surface area is 128 Å². The van der Waals surface area contributed by atoms with E-state index in [-0.39, 0.29) is 0 Å². The van der Waals surface area contributed by atoms with Crippen LogP contribution in [0.3, 0.4) is 0 Å². The predicted molar refractivity (Wildman–Crippen MR) is 92.2 cm³/mol. The Morgan fingerprint density at radius 3 is 2.48 bits per heavy atom. The zero-order valence-electron chi connectivity index (χ0n) is 13.4. The van der Waals surface area contributed by atoms with Gasteiger partial charge in [0.2, 0.25) is 0 Å².